The van der Waals surface area contributed by atoms with Gasteiger partial charge < -0.3 is 0 Å². The highest BCUT2D eigenvalue weighted by atomic mass is 32.1. The minimum absolute atomic E-state index is 0.0739. The Morgan fingerprint density at radius 2 is 2.00 bits per heavy atom. The quantitative estimate of drug-likeness (QED) is 0.812. The van der Waals surface area contributed by atoms with E-state index in [1.807, 2.05) is 17.4 Å². The van der Waals surface area contributed by atoms with E-state index in [0.717, 1.165) is 57.1 Å². The molecule has 138 valence electrons. The van der Waals surface area contributed by atoms with Crippen LogP contribution in [0.1, 0.15) is 60.0 Å². The van der Waals surface area contributed by atoms with Crippen LogP contribution in [-0.2, 0) is 25.9 Å². The predicted molar refractivity (Wildman–Crippen MR) is 103 cm³/mol. The van der Waals surface area contributed by atoms with Gasteiger partial charge >= 0.3 is 0 Å². The summed E-state index contributed by atoms with van der Waals surface area (Å²) in [6.45, 7) is 3.79. The standard InChI is InChI=1S/C20H26N4OS/c25-19-8-16-6-3-7-18(16)22-24(19)11-14-9-23(10-14)12-17-13-26-20(21-17)15-4-1-2-5-15/h8,13-15H,1-7,9-12H2. The maximum Gasteiger partial charge on any atom is 0.267 e. The fourth-order valence-electron chi connectivity index (χ4n) is 4.72. The van der Waals surface area contributed by atoms with Crippen LogP contribution in [0.5, 0.6) is 0 Å². The van der Waals surface area contributed by atoms with Crippen molar-refractivity contribution >= 4 is 11.3 Å². The maximum atomic E-state index is 12.2. The average molecular weight is 371 g/mol. The summed E-state index contributed by atoms with van der Waals surface area (Å²) >= 11 is 1.85. The summed E-state index contributed by atoms with van der Waals surface area (Å²) in [6.07, 6.45) is 8.56. The smallest absolute Gasteiger partial charge is 0.267 e. The van der Waals surface area contributed by atoms with Crippen LogP contribution in [0.3, 0.4) is 0 Å². The molecule has 0 bridgehead atoms. The Morgan fingerprint density at radius 1 is 1.15 bits per heavy atom. The Morgan fingerprint density at radius 3 is 2.85 bits per heavy atom. The predicted octanol–water partition coefficient (Wildman–Crippen LogP) is 2.98. The zero-order valence-corrected chi connectivity index (χ0v) is 16.0. The van der Waals surface area contributed by atoms with Gasteiger partial charge in [0, 0.05) is 42.9 Å². The van der Waals surface area contributed by atoms with Crippen LogP contribution in [0.4, 0.5) is 0 Å². The molecule has 5 nitrogen and oxygen atoms in total. The normalized spacial score (nSPS) is 21.2. The van der Waals surface area contributed by atoms with Gasteiger partial charge in [-0.1, -0.05) is 12.8 Å². The van der Waals surface area contributed by atoms with Gasteiger partial charge in [0.2, 0.25) is 0 Å². The van der Waals surface area contributed by atoms with Crippen LogP contribution in [0.15, 0.2) is 16.2 Å². The van der Waals surface area contributed by atoms with E-state index < -0.39 is 0 Å². The number of nitrogens with zero attached hydrogens (tertiary/aromatic N) is 4. The average Bonchev–Trinajstić information content (AvgIpc) is 3.34. The second kappa shape index (κ2) is 6.89. The molecular formula is C20H26N4OS. The molecule has 0 amide bonds. The molecule has 0 N–H and O–H groups in total. The van der Waals surface area contributed by atoms with Gasteiger partial charge in [0.1, 0.15) is 0 Å². The number of fused-ring (bicyclic) bond motifs is 1. The molecule has 3 heterocycles. The molecule has 1 aliphatic heterocycles. The minimum atomic E-state index is 0.0739. The number of rotatable bonds is 5. The molecule has 0 aromatic carbocycles. The Labute approximate surface area is 158 Å². The van der Waals surface area contributed by atoms with Gasteiger partial charge in [-0.3, -0.25) is 9.69 Å². The number of aryl methyl sites for hydroxylation is 2. The van der Waals surface area contributed by atoms with Gasteiger partial charge in [-0.15, -0.1) is 11.3 Å². The molecule has 2 fully saturated rings. The molecule has 26 heavy (non-hydrogen) atoms. The van der Waals surface area contributed by atoms with Crippen LogP contribution in [0.2, 0.25) is 0 Å². The van der Waals surface area contributed by atoms with E-state index in [2.05, 4.69) is 15.4 Å². The van der Waals surface area contributed by atoms with Crippen molar-refractivity contribution in [2.75, 3.05) is 13.1 Å². The number of aromatic nitrogens is 3. The summed E-state index contributed by atoms with van der Waals surface area (Å²) in [5, 5.41) is 8.20. The van der Waals surface area contributed by atoms with E-state index in [4.69, 9.17) is 4.98 Å². The first-order valence-corrected chi connectivity index (χ1v) is 10.9. The highest BCUT2D eigenvalue weighted by Gasteiger charge is 2.29. The first-order valence-electron chi connectivity index (χ1n) is 10.0. The molecule has 3 aliphatic rings. The zero-order valence-electron chi connectivity index (χ0n) is 15.2. The van der Waals surface area contributed by atoms with Crippen LogP contribution in [-0.4, -0.2) is 32.8 Å². The first-order chi connectivity index (χ1) is 12.7. The summed E-state index contributed by atoms with van der Waals surface area (Å²) in [6, 6.07) is 1.81. The van der Waals surface area contributed by atoms with E-state index in [1.54, 1.807) is 4.68 Å². The molecule has 2 aliphatic carbocycles. The second-order valence-electron chi connectivity index (χ2n) is 8.21. The topological polar surface area (TPSA) is 51.0 Å². The molecule has 2 aromatic heterocycles. The highest BCUT2D eigenvalue weighted by Crippen LogP contribution is 2.36. The highest BCUT2D eigenvalue weighted by molar-refractivity contribution is 7.09. The summed E-state index contributed by atoms with van der Waals surface area (Å²) in [5.41, 5.74) is 3.61. The van der Waals surface area contributed by atoms with Gasteiger partial charge in [0.05, 0.1) is 22.9 Å². The fourth-order valence-corrected chi connectivity index (χ4v) is 5.70. The summed E-state index contributed by atoms with van der Waals surface area (Å²) in [7, 11) is 0. The van der Waals surface area contributed by atoms with Crippen LogP contribution in [0.25, 0.3) is 0 Å². The van der Waals surface area contributed by atoms with E-state index in [-0.39, 0.29) is 5.56 Å². The number of hydrogen-bond donors (Lipinski definition) is 0. The SMILES string of the molecule is O=c1cc2c(nn1CC1CN(Cc3csc(C4CCCC4)n3)C1)CCC2. The lowest BCUT2D eigenvalue weighted by Gasteiger charge is -2.38. The van der Waals surface area contributed by atoms with Gasteiger partial charge in [0.15, 0.2) is 0 Å². The lowest BCUT2D eigenvalue weighted by Crippen LogP contribution is -2.49. The third-order valence-corrected chi connectivity index (χ3v) is 7.20. The van der Waals surface area contributed by atoms with Gasteiger partial charge in [-0.05, 0) is 37.7 Å². The molecule has 0 radical (unpaired) electrons. The van der Waals surface area contributed by atoms with Gasteiger partial charge in [-0.25, -0.2) is 9.67 Å². The second-order valence-corrected chi connectivity index (χ2v) is 9.10. The van der Waals surface area contributed by atoms with E-state index in [0.29, 0.717) is 5.92 Å². The van der Waals surface area contributed by atoms with Gasteiger partial charge in [0.25, 0.3) is 5.56 Å². The molecule has 0 spiro atoms. The van der Waals surface area contributed by atoms with Crippen molar-refractivity contribution in [1.82, 2.24) is 19.7 Å². The molecule has 0 unspecified atom stereocenters. The largest absolute Gasteiger partial charge is 0.297 e. The monoisotopic (exact) mass is 370 g/mol. The molecule has 5 rings (SSSR count). The molecular weight excluding hydrogens is 344 g/mol. The maximum absolute atomic E-state index is 12.2. The van der Waals surface area contributed by atoms with Crippen molar-refractivity contribution in [2.24, 2.45) is 5.92 Å². The molecule has 2 aromatic rings. The van der Waals surface area contributed by atoms with Crippen molar-refractivity contribution < 1.29 is 0 Å². The summed E-state index contributed by atoms with van der Waals surface area (Å²) in [5.74, 6) is 1.25. The van der Waals surface area contributed by atoms with Crippen LogP contribution < -0.4 is 5.56 Å². The Bertz CT molecular complexity index is 846. The number of likely N-dealkylation sites (tertiary alicyclic amines) is 1. The van der Waals surface area contributed by atoms with Crippen molar-refractivity contribution in [3.8, 4) is 0 Å². The van der Waals surface area contributed by atoms with E-state index in [1.165, 1.54) is 41.9 Å². The first kappa shape index (κ1) is 16.6. The molecule has 6 heteroatoms. The zero-order chi connectivity index (χ0) is 17.5. The molecule has 1 saturated heterocycles. The lowest BCUT2D eigenvalue weighted by molar-refractivity contribution is 0.0754. The minimum Gasteiger partial charge on any atom is -0.297 e. The van der Waals surface area contributed by atoms with Gasteiger partial charge in [-0.2, -0.15) is 5.10 Å². The Kier molecular flexibility index (Phi) is 4.41. The van der Waals surface area contributed by atoms with Crippen molar-refractivity contribution in [3.63, 3.8) is 0 Å². The molecule has 1 saturated carbocycles. The fraction of sp³-hybridized carbons (Fsp3) is 0.650. The third-order valence-electron chi connectivity index (χ3n) is 6.15. The van der Waals surface area contributed by atoms with Crippen molar-refractivity contribution in [1.29, 1.82) is 0 Å². The van der Waals surface area contributed by atoms with Crippen LogP contribution in [0, 0.1) is 5.92 Å². The van der Waals surface area contributed by atoms with Crippen molar-refractivity contribution in [2.45, 2.75) is 64.0 Å². The Hall–Kier alpha value is -1.53. The lowest BCUT2D eigenvalue weighted by atomic mass is 10.00. The molecule has 0 atom stereocenters. The number of hydrogen-bond acceptors (Lipinski definition) is 5. The van der Waals surface area contributed by atoms with Crippen LogP contribution >= 0.6 is 11.3 Å². The summed E-state index contributed by atoms with van der Waals surface area (Å²) in [4.78, 5) is 19.6. The Balaban J connectivity index is 1.15. The number of thiazole rings is 1. The third kappa shape index (κ3) is 3.25. The van der Waals surface area contributed by atoms with Crippen molar-refractivity contribution in [3.05, 3.63) is 43.8 Å². The summed E-state index contributed by atoms with van der Waals surface area (Å²) < 4.78 is 1.70. The van der Waals surface area contributed by atoms with E-state index in [9.17, 15) is 4.79 Å². The van der Waals surface area contributed by atoms with E-state index >= 15 is 0 Å².